The Balaban J connectivity index is 1.67. The molecule has 2 rings (SSSR count). The molecule has 114 valence electrons. The van der Waals surface area contributed by atoms with E-state index in [9.17, 15) is 14.7 Å². The zero-order chi connectivity index (χ0) is 15.3. The predicted molar refractivity (Wildman–Crippen MR) is 77.1 cm³/mol. The molecule has 0 atom stereocenters. The molecule has 6 nitrogen and oxygen atoms in total. The van der Waals surface area contributed by atoms with E-state index in [1.165, 1.54) is 12.1 Å². The number of carbonyl (C=O) groups excluding carboxylic acids is 1. The number of carboxylic acids is 1. The highest BCUT2D eigenvalue weighted by Gasteiger charge is 2.33. The number of rotatable bonds is 6. The minimum absolute atomic E-state index is 0.219. The van der Waals surface area contributed by atoms with Gasteiger partial charge in [0.1, 0.15) is 0 Å². The lowest BCUT2D eigenvalue weighted by Crippen LogP contribution is -2.42. The molecule has 2 amide bonds. The quantitative estimate of drug-likeness (QED) is 0.638. The second-order valence-electron chi connectivity index (χ2n) is 5.44. The maximum absolute atomic E-state index is 11.6. The maximum atomic E-state index is 11.6. The number of aliphatic hydroxyl groups is 1. The molecule has 6 heteroatoms. The van der Waals surface area contributed by atoms with Crippen LogP contribution in [0.25, 0.3) is 0 Å². The molecular weight excluding hydrogens is 272 g/mol. The Kier molecular flexibility index (Phi) is 4.80. The van der Waals surface area contributed by atoms with E-state index in [0.717, 1.165) is 24.8 Å². The lowest BCUT2D eigenvalue weighted by atomic mass is 9.78. The Morgan fingerprint density at radius 1 is 1.14 bits per heavy atom. The normalized spacial score (nSPS) is 15.9. The van der Waals surface area contributed by atoms with Crippen molar-refractivity contribution in [1.29, 1.82) is 0 Å². The Bertz CT molecular complexity index is 509. The Hall–Kier alpha value is -2.08. The van der Waals surface area contributed by atoms with Crippen LogP contribution in [0.4, 0.5) is 4.79 Å². The highest BCUT2D eigenvalue weighted by Crippen LogP contribution is 2.33. The summed E-state index contributed by atoms with van der Waals surface area (Å²) in [6, 6.07) is 6.05. The van der Waals surface area contributed by atoms with Crippen LogP contribution in [-0.2, 0) is 6.54 Å². The number of aromatic carboxylic acids is 1. The van der Waals surface area contributed by atoms with Gasteiger partial charge in [-0.1, -0.05) is 12.1 Å². The minimum Gasteiger partial charge on any atom is -0.478 e. The molecule has 0 spiro atoms. The average molecular weight is 292 g/mol. The van der Waals surface area contributed by atoms with Crippen LogP contribution in [-0.4, -0.2) is 34.4 Å². The first-order valence-electron chi connectivity index (χ1n) is 7.05. The SMILES string of the molecule is O=C(NCCC1(O)CCC1)NCc1ccc(C(=O)O)cc1. The van der Waals surface area contributed by atoms with Crippen LogP contribution in [0.2, 0.25) is 0 Å². The molecule has 0 radical (unpaired) electrons. The minimum atomic E-state index is -0.971. The molecule has 0 bridgehead atoms. The standard InChI is InChI=1S/C15H20N2O4/c18-13(19)12-4-2-11(3-5-12)10-17-14(20)16-9-8-15(21)6-1-7-15/h2-5,21H,1,6-10H2,(H,18,19)(H2,16,17,20). The molecule has 21 heavy (non-hydrogen) atoms. The van der Waals surface area contributed by atoms with Crippen LogP contribution >= 0.6 is 0 Å². The van der Waals surface area contributed by atoms with E-state index in [0.29, 0.717) is 19.5 Å². The molecule has 1 aromatic rings. The number of amides is 2. The summed E-state index contributed by atoms with van der Waals surface area (Å²) in [7, 11) is 0. The van der Waals surface area contributed by atoms with Crippen molar-refractivity contribution in [3.8, 4) is 0 Å². The maximum Gasteiger partial charge on any atom is 0.335 e. The third kappa shape index (κ3) is 4.46. The fourth-order valence-corrected chi connectivity index (χ4v) is 2.25. The summed E-state index contributed by atoms with van der Waals surface area (Å²) in [5.74, 6) is -0.971. The molecule has 0 saturated heterocycles. The molecular formula is C15H20N2O4. The first-order chi connectivity index (χ1) is 9.98. The van der Waals surface area contributed by atoms with Crippen LogP contribution in [0.1, 0.15) is 41.6 Å². The largest absolute Gasteiger partial charge is 0.478 e. The number of urea groups is 1. The number of hydrogen-bond donors (Lipinski definition) is 4. The summed E-state index contributed by atoms with van der Waals surface area (Å²) in [5, 5.41) is 24.1. The number of carboxylic acid groups (broad SMARTS) is 1. The van der Waals surface area contributed by atoms with E-state index in [-0.39, 0.29) is 11.6 Å². The van der Waals surface area contributed by atoms with Gasteiger partial charge in [-0.2, -0.15) is 0 Å². The third-order valence-electron chi connectivity index (χ3n) is 3.81. The number of hydrogen-bond acceptors (Lipinski definition) is 3. The van der Waals surface area contributed by atoms with Crippen molar-refractivity contribution in [2.45, 2.75) is 37.8 Å². The van der Waals surface area contributed by atoms with Crippen molar-refractivity contribution >= 4 is 12.0 Å². The summed E-state index contributed by atoms with van der Waals surface area (Å²) in [4.78, 5) is 22.3. The van der Waals surface area contributed by atoms with Crippen molar-refractivity contribution in [3.63, 3.8) is 0 Å². The summed E-state index contributed by atoms with van der Waals surface area (Å²) in [6.07, 6.45) is 3.25. The zero-order valence-corrected chi connectivity index (χ0v) is 11.8. The summed E-state index contributed by atoms with van der Waals surface area (Å²) < 4.78 is 0. The van der Waals surface area contributed by atoms with Gasteiger partial charge in [0.2, 0.25) is 0 Å². The first kappa shape index (κ1) is 15.3. The van der Waals surface area contributed by atoms with Crippen molar-refractivity contribution < 1.29 is 19.8 Å². The molecule has 0 heterocycles. The van der Waals surface area contributed by atoms with Crippen LogP contribution in [0.3, 0.4) is 0 Å². The van der Waals surface area contributed by atoms with Crippen LogP contribution in [0, 0.1) is 0 Å². The van der Waals surface area contributed by atoms with Crippen LogP contribution in [0.5, 0.6) is 0 Å². The van der Waals surface area contributed by atoms with Gasteiger partial charge in [0.05, 0.1) is 11.2 Å². The van der Waals surface area contributed by atoms with Gasteiger partial charge in [-0.3, -0.25) is 0 Å². The fourth-order valence-electron chi connectivity index (χ4n) is 2.25. The van der Waals surface area contributed by atoms with E-state index in [1.54, 1.807) is 12.1 Å². The van der Waals surface area contributed by atoms with E-state index in [1.807, 2.05) is 0 Å². The smallest absolute Gasteiger partial charge is 0.335 e. The lowest BCUT2D eigenvalue weighted by molar-refractivity contribution is -0.0389. The highest BCUT2D eigenvalue weighted by atomic mass is 16.4. The van der Waals surface area contributed by atoms with Gasteiger partial charge in [-0.25, -0.2) is 9.59 Å². The van der Waals surface area contributed by atoms with Crippen molar-refractivity contribution in [2.75, 3.05) is 6.54 Å². The fraction of sp³-hybridized carbons (Fsp3) is 0.467. The van der Waals surface area contributed by atoms with Gasteiger partial charge in [-0.05, 0) is 43.4 Å². The topological polar surface area (TPSA) is 98.7 Å². The van der Waals surface area contributed by atoms with E-state index in [2.05, 4.69) is 10.6 Å². The Labute approximate surface area is 123 Å². The zero-order valence-electron chi connectivity index (χ0n) is 11.8. The van der Waals surface area contributed by atoms with Gasteiger partial charge in [0.15, 0.2) is 0 Å². The van der Waals surface area contributed by atoms with Gasteiger partial charge in [0.25, 0.3) is 0 Å². The lowest BCUT2D eigenvalue weighted by Gasteiger charge is -2.36. The molecule has 1 aliphatic carbocycles. The van der Waals surface area contributed by atoms with E-state index in [4.69, 9.17) is 5.11 Å². The number of nitrogens with one attached hydrogen (secondary N) is 2. The van der Waals surface area contributed by atoms with Gasteiger partial charge >= 0.3 is 12.0 Å². The molecule has 0 aliphatic heterocycles. The van der Waals surface area contributed by atoms with Crippen molar-refractivity contribution in [3.05, 3.63) is 35.4 Å². The Morgan fingerprint density at radius 2 is 1.81 bits per heavy atom. The third-order valence-corrected chi connectivity index (χ3v) is 3.81. The molecule has 0 aromatic heterocycles. The molecule has 4 N–H and O–H groups in total. The average Bonchev–Trinajstić information content (AvgIpc) is 2.43. The van der Waals surface area contributed by atoms with E-state index < -0.39 is 11.6 Å². The molecule has 1 aromatic carbocycles. The van der Waals surface area contributed by atoms with E-state index >= 15 is 0 Å². The van der Waals surface area contributed by atoms with Gasteiger partial charge < -0.3 is 20.8 Å². The van der Waals surface area contributed by atoms with Gasteiger partial charge in [-0.15, -0.1) is 0 Å². The summed E-state index contributed by atoms with van der Waals surface area (Å²) in [6.45, 7) is 0.774. The second kappa shape index (κ2) is 6.58. The van der Waals surface area contributed by atoms with Crippen LogP contribution in [0.15, 0.2) is 24.3 Å². The highest BCUT2D eigenvalue weighted by molar-refractivity contribution is 5.87. The van der Waals surface area contributed by atoms with Crippen molar-refractivity contribution in [1.82, 2.24) is 10.6 Å². The number of carbonyl (C=O) groups is 2. The Morgan fingerprint density at radius 3 is 2.33 bits per heavy atom. The summed E-state index contributed by atoms with van der Waals surface area (Å²) >= 11 is 0. The second-order valence-corrected chi connectivity index (χ2v) is 5.44. The molecule has 1 aliphatic rings. The monoisotopic (exact) mass is 292 g/mol. The first-order valence-corrected chi connectivity index (χ1v) is 7.05. The number of benzene rings is 1. The molecule has 1 fully saturated rings. The molecule has 0 unspecified atom stereocenters. The van der Waals surface area contributed by atoms with Crippen molar-refractivity contribution in [2.24, 2.45) is 0 Å². The molecule has 1 saturated carbocycles. The predicted octanol–water partition coefficient (Wildman–Crippen LogP) is 1.49. The summed E-state index contributed by atoms with van der Waals surface area (Å²) in [5.41, 5.74) is 0.463. The van der Waals surface area contributed by atoms with Crippen LogP contribution < -0.4 is 10.6 Å². The van der Waals surface area contributed by atoms with Gasteiger partial charge in [0, 0.05) is 13.1 Å².